The van der Waals surface area contributed by atoms with Gasteiger partial charge in [-0.15, -0.1) is 5.10 Å². The number of carboxylic acids is 1. The molecule has 24 heavy (non-hydrogen) atoms. The Morgan fingerprint density at radius 3 is 2.58 bits per heavy atom. The van der Waals surface area contributed by atoms with Crippen LogP contribution in [-0.4, -0.2) is 22.7 Å². The Labute approximate surface area is 148 Å². The number of benzene rings is 1. The number of nitrogens with one attached hydrogen (secondary N) is 1. The lowest BCUT2D eigenvalue weighted by atomic mass is 10.3. The van der Waals surface area contributed by atoms with Crippen molar-refractivity contribution < 1.29 is 15.0 Å². The van der Waals surface area contributed by atoms with Crippen molar-refractivity contribution in [2.45, 2.75) is 6.92 Å². The second kappa shape index (κ2) is 10.0. The quantitative estimate of drug-likeness (QED) is 0.363. The van der Waals surface area contributed by atoms with Crippen LogP contribution in [0.25, 0.3) is 11.8 Å². The highest BCUT2D eigenvalue weighted by molar-refractivity contribution is 9.10. The first kappa shape index (κ1) is 19.2. The van der Waals surface area contributed by atoms with Crippen molar-refractivity contribution in [2.24, 2.45) is 16.6 Å². The van der Waals surface area contributed by atoms with E-state index < -0.39 is 5.97 Å². The Balaban J connectivity index is 0.000000648. The van der Waals surface area contributed by atoms with Gasteiger partial charge in [-0.3, -0.25) is 0 Å². The molecule has 0 saturated heterocycles. The summed E-state index contributed by atoms with van der Waals surface area (Å²) < 4.78 is 3.11. The largest absolute Gasteiger partial charge is 0.550 e. The summed E-state index contributed by atoms with van der Waals surface area (Å²) in [5.41, 5.74) is 12.5. The maximum Gasteiger partial charge on any atom is 0.256 e. The highest BCUT2D eigenvalue weighted by Crippen LogP contribution is 2.22. The summed E-state index contributed by atoms with van der Waals surface area (Å²) in [5, 5.41) is 15.2. The Morgan fingerprint density at radius 1 is 1.29 bits per heavy atom. The van der Waals surface area contributed by atoms with Crippen molar-refractivity contribution in [3.05, 3.63) is 58.8 Å². The maximum absolute atomic E-state index is 8.89. The standard InChI is InChI=1S/C14H14BrN5.C2H4O2/c15-12-7-1-2-8-13(12)20-10-4-6-11(20)5-3-9-18-19-14(16)17;1-2(3)4/h1-10H,(H4,16,17,19);1H3,(H,3,4). The van der Waals surface area contributed by atoms with Crippen LogP contribution < -0.4 is 21.7 Å². The fourth-order valence-corrected chi connectivity index (χ4v) is 2.17. The van der Waals surface area contributed by atoms with Crippen LogP contribution in [0.3, 0.4) is 0 Å². The van der Waals surface area contributed by atoms with Crippen molar-refractivity contribution in [2.75, 3.05) is 0 Å². The van der Waals surface area contributed by atoms with Crippen LogP contribution in [0.2, 0.25) is 0 Å². The number of allylic oxidation sites excluding steroid dienone is 1. The molecule has 1 aromatic heterocycles. The Kier molecular flexibility index (Phi) is 8.00. The van der Waals surface area contributed by atoms with E-state index in [1.165, 1.54) is 0 Å². The number of nitrogens with two attached hydrogens (primary N) is 2. The summed E-state index contributed by atoms with van der Waals surface area (Å²) in [6.45, 7) is 0.972. The molecular formula is C16H18BrN5O2. The van der Waals surface area contributed by atoms with Crippen LogP contribution >= 0.6 is 15.9 Å². The molecule has 0 bridgehead atoms. The number of carbonyl (C=O) groups is 1. The number of hydrogen-bond acceptors (Lipinski definition) is 3. The van der Waals surface area contributed by atoms with Gasteiger partial charge in [0.15, 0.2) is 6.21 Å². The van der Waals surface area contributed by atoms with Crippen LogP contribution in [0.1, 0.15) is 12.6 Å². The summed E-state index contributed by atoms with van der Waals surface area (Å²) in [5.74, 6) is -1.09. The van der Waals surface area contributed by atoms with E-state index in [0.717, 1.165) is 22.8 Å². The third-order valence-electron chi connectivity index (χ3n) is 2.52. The molecule has 0 aliphatic carbocycles. The zero-order chi connectivity index (χ0) is 17.9. The molecule has 0 atom stereocenters. The summed E-state index contributed by atoms with van der Waals surface area (Å²) in [7, 11) is 0. The number of rotatable bonds is 4. The topological polar surface area (TPSA) is 123 Å². The Hall–Kier alpha value is -2.87. The Morgan fingerprint density at radius 2 is 1.96 bits per heavy atom. The van der Waals surface area contributed by atoms with Gasteiger partial charge in [0.25, 0.3) is 5.96 Å². The van der Waals surface area contributed by atoms with Crippen LogP contribution in [0.4, 0.5) is 0 Å². The highest BCUT2D eigenvalue weighted by Gasteiger charge is 2.03. The van der Waals surface area contributed by atoms with Crippen LogP contribution in [0, 0.1) is 0 Å². The first-order chi connectivity index (χ1) is 11.4. The molecule has 0 unspecified atom stereocenters. The third kappa shape index (κ3) is 6.93. The van der Waals surface area contributed by atoms with Crippen LogP contribution in [0.5, 0.6) is 0 Å². The van der Waals surface area contributed by atoms with E-state index in [0.29, 0.717) is 0 Å². The molecule has 0 aliphatic heterocycles. The number of hydrazone groups is 1. The lowest BCUT2D eigenvalue weighted by molar-refractivity contribution is -0.456. The average molecular weight is 392 g/mol. The summed E-state index contributed by atoms with van der Waals surface area (Å²) in [4.78, 5) is 8.89. The molecule has 0 spiro atoms. The van der Waals surface area contributed by atoms with Gasteiger partial charge in [0.2, 0.25) is 0 Å². The van der Waals surface area contributed by atoms with E-state index in [2.05, 4.69) is 30.7 Å². The lowest BCUT2D eigenvalue weighted by Gasteiger charge is -2.08. The first-order valence-electron chi connectivity index (χ1n) is 6.85. The first-order valence-corrected chi connectivity index (χ1v) is 7.65. The van der Waals surface area contributed by atoms with Gasteiger partial charge >= 0.3 is 0 Å². The molecule has 0 radical (unpaired) electrons. The van der Waals surface area contributed by atoms with Crippen molar-refractivity contribution in [3.8, 4) is 5.69 Å². The van der Waals surface area contributed by atoms with E-state index in [4.69, 9.17) is 21.4 Å². The molecule has 1 aromatic carbocycles. The van der Waals surface area contributed by atoms with E-state index in [9.17, 15) is 0 Å². The van der Waals surface area contributed by atoms with Crippen molar-refractivity contribution in [1.82, 2.24) is 4.57 Å². The van der Waals surface area contributed by atoms with Crippen LogP contribution in [0.15, 0.2) is 58.2 Å². The van der Waals surface area contributed by atoms with Gasteiger partial charge in [-0.2, -0.15) is 0 Å². The zero-order valence-corrected chi connectivity index (χ0v) is 14.6. The number of carboxylic acid groups (broad SMARTS) is 1. The average Bonchev–Trinajstić information content (AvgIpc) is 2.95. The number of aliphatic carboxylic acids is 1. The molecule has 0 amide bonds. The molecule has 126 valence electrons. The molecule has 2 rings (SSSR count). The fourth-order valence-electron chi connectivity index (χ4n) is 1.70. The molecule has 0 aliphatic rings. The fraction of sp³-hybridized carbons (Fsp3) is 0.0625. The van der Waals surface area contributed by atoms with Gasteiger partial charge in [-0.1, -0.05) is 12.1 Å². The smallest absolute Gasteiger partial charge is 0.256 e. The van der Waals surface area contributed by atoms with Gasteiger partial charge in [-0.05, 0) is 53.2 Å². The second-order valence-electron chi connectivity index (χ2n) is 4.44. The SMILES string of the molecule is CC(=O)[O-].NC(N)=N[NH+]=CC=Cc1cccn1-c1ccccc1Br. The molecule has 0 saturated carbocycles. The predicted molar refractivity (Wildman–Crippen MR) is 96.0 cm³/mol. The lowest BCUT2D eigenvalue weighted by Crippen LogP contribution is -2.63. The molecule has 0 fully saturated rings. The number of nitrogens with zero attached hydrogens (tertiary/aromatic N) is 2. The summed E-state index contributed by atoms with van der Waals surface area (Å²) in [6.07, 6.45) is 7.43. The van der Waals surface area contributed by atoms with Gasteiger partial charge in [0.1, 0.15) is 0 Å². The van der Waals surface area contributed by atoms with E-state index >= 15 is 0 Å². The number of halogens is 1. The van der Waals surface area contributed by atoms with Crippen LogP contribution in [-0.2, 0) is 4.79 Å². The normalized spacial score (nSPS) is 10.4. The third-order valence-corrected chi connectivity index (χ3v) is 3.19. The summed E-state index contributed by atoms with van der Waals surface area (Å²) >= 11 is 3.55. The second-order valence-corrected chi connectivity index (χ2v) is 5.29. The number of aromatic nitrogens is 1. The molecule has 5 N–H and O–H groups in total. The van der Waals surface area contributed by atoms with Gasteiger partial charge in [-0.25, -0.2) is 0 Å². The zero-order valence-electron chi connectivity index (χ0n) is 13.0. The minimum Gasteiger partial charge on any atom is -0.550 e. The van der Waals surface area contributed by atoms with E-state index in [1.54, 1.807) is 6.21 Å². The maximum atomic E-state index is 8.89. The molecule has 8 heteroatoms. The monoisotopic (exact) mass is 391 g/mol. The van der Waals surface area contributed by atoms with Gasteiger partial charge in [0.05, 0.1) is 5.69 Å². The highest BCUT2D eigenvalue weighted by atomic mass is 79.9. The number of guanidine groups is 1. The minimum absolute atomic E-state index is 0.00811. The van der Waals surface area contributed by atoms with E-state index in [1.807, 2.05) is 54.7 Å². The predicted octanol–water partition coefficient (Wildman–Crippen LogP) is -0.651. The Bertz CT molecular complexity index is 757. The van der Waals surface area contributed by atoms with Gasteiger partial charge < -0.3 is 25.9 Å². The summed E-state index contributed by atoms with van der Waals surface area (Å²) in [6, 6.07) is 12.0. The molecular weight excluding hydrogens is 374 g/mol. The number of para-hydroxylation sites is 1. The molecule has 7 nitrogen and oxygen atoms in total. The van der Waals surface area contributed by atoms with Gasteiger partial charge in [0, 0.05) is 33.5 Å². The molecule has 2 aromatic rings. The van der Waals surface area contributed by atoms with Crippen molar-refractivity contribution >= 4 is 40.1 Å². The van der Waals surface area contributed by atoms with Crippen molar-refractivity contribution in [3.63, 3.8) is 0 Å². The molecule has 1 heterocycles. The number of carbonyl (C=O) groups excluding carboxylic acids is 1. The minimum atomic E-state index is -1.08. The number of hydrogen-bond donors (Lipinski definition) is 3. The van der Waals surface area contributed by atoms with E-state index in [-0.39, 0.29) is 5.96 Å². The van der Waals surface area contributed by atoms with Crippen molar-refractivity contribution in [1.29, 1.82) is 0 Å².